The van der Waals surface area contributed by atoms with Crippen LogP contribution in [0.15, 0.2) is 0 Å². The smallest absolute Gasteiger partial charge is 0.313 e. The summed E-state index contributed by atoms with van der Waals surface area (Å²) in [5, 5.41) is 0. The zero-order valence-corrected chi connectivity index (χ0v) is 6.80. The summed E-state index contributed by atoms with van der Waals surface area (Å²) in [6, 6.07) is 0. The molecule has 0 aromatic carbocycles. The van der Waals surface area contributed by atoms with Gasteiger partial charge < -0.3 is 9.64 Å². The van der Waals surface area contributed by atoms with Crippen LogP contribution >= 0.6 is 0 Å². The molecule has 2 aliphatic heterocycles. The van der Waals surface area contributed by atoms with Crippen molar-refractivity contribution in [3.63, 3.8) is 0 Å². The van der Waals surface area contributed by atoms with Crippen molar-refractivity contribution in [3.05, 3.63) is 0 Å². The van der Waals surface area contributed by atoms with Gasteiger partial charge in [-0.25, -0.2) is 0 Å². The van der Waals surface area contributed by atoms with Crippen LogP contribution in [0.25, 0.3) is 0 Å². The third kappa shape index (κ3) is 0.948. The molecule has 0 amide bonds. The summed E-state index contributed by atoms with van der Waals surface area (Å²) in [4.78, 5) is 13.5. The summed E-state index contributed by atoms with van der Waals surface area (Å²) in [5.41, 5.74) is -0.116. The summed E-state index contributed by atoms with van der Waals surface area (Å²) in [6.45, 7) is 2.56. The first kappa shape index (κ1) is 7.10. The Hall–Kier alpha value is -0.570. The third-order valence-electron chi connectivity index (χ3n) is 2.79. The molecule has 0 N–H and O–H groups in total. The van der Waals surface area contributed by atoms with Crippen molar-refractivity contribution in [1.82, 2.24) is 4.90 Å². The van der Waals surface area contributed by atoms with Gasteiger partial charge >= 0.3 is 5.97 Å². The van der Waals surface area contributed by atoms with Crippen LogP contribution in [-0.2, 0) is 9.53 Å². The van der Waals surface area contributed by atoms with Gasteiger partial charge in [0.1, 0.15) is 0 Å². The van der Waals surface area contributed by atoms with Crippen molar-refractivity contribution in [3.8, 4) is 0 Å². The van der Waals surface area contributed by atoms with Gasteiger partial charge in [0.25, 0.3) is 0 Å². The van der Waals surface area contributed by atoms with E-state index in [4.69, 9.17) is 4.74 Å². The fourth-order valence-corrected chi connectivity index (χ4v) is 2.04. The minimum atomic E-state index is -0.116. The Bertz CT molecular complexity index is 193. The standard InChI is InChI=1S/C8H13NO2/c1-9-4-2-8(6-9)3-5-11-7(8)10/h2-6H2,1H3. The summed E-state index contributed by atoms with van der Waals surface area (Å²) in [5.74, 6) is 0.0295. The quantitative estimate of drug-likeness (QED) is 0.470. The number of carbonyl (C=O) groups is 1. The first-order chi connectivity index (χ1) is 5.23. The highest BCUT2D eigenvalue weighted by molar-refractivity contribution is 5.79. The number of hydrogen-bond donors (Lipinski definition) is 0. The molecular weight excluding hydrogens is 142 g/mol. The van der Waals surface area contributed by atoms with E-state index < -0.39 is 0 Å². The van der Waals surface area contributed by atoms with Crippen molar-refractivity contribution < 1.29 is 9.53 Å². The average Bonchev–Trinajstić information content (AvgIpc) is 2.46. The molecule has 0 radical (unpaired) electrons. The molecule has 2 fully saturated rings. The number of nitrogens with zero attached hydrogens (tertiary/aromatic N) is 1. The summed E-state index contributed by atoms with van der Waals surface area (Å²) < 4.78 is 4.97. The van der Waals surface area contributed by atoms with Crippen molar-refractivity contribution in [2.75, 3.05) is 26.7 Å². The summed E-state index contributed by atoms with van der Waals surface area (Å²) in [6.07, 6.45) is 1.92. The normalized spacial score (nSPS) is 38.5. The molecule has 0 aliphatic carbocycles. The molecule has 0 aromatic rings. The van der Waals surface area contributed by atoms with Crippen LogP contribution in [0.4, 0.5) is 0 Å². The van der Waals surface area contributed by atoms with Gasteiger partial charge in [0, 0.05) is 6.54 Å². The summed E-state index contributed by atoms with van der Waals surface area (Å²) >= 11 is 0. The molecule has 1 unspecified atom stereocenters. The lowest BCUT2D eigenvalue weighted by atomic mass is 9.86. The number of carbonyl (C=O) groups excluding carboxylic acids is 1. The Balaban J connectivity index is 2.16. The first-order valence-electron chi connectivity index (χ1n) is 4.09. The molecular formula is C8H13NO2. The maximum absolute atomic E-state index is 11.3. The predicted molar refractivity (Wildman–Crippen MR) is 40.1 cm³/mol. The minimum Gasteiger partial charge on any atom is -0.465 e. The van der Waals surface area contributed by atoms with Crippen LogP contribution < -0.4 is 0 Å². The maximum atomic E-state index is 11.3. The molecule has 2 heterocycles. The van der Waals surface area contributed by atoms with Gasteiger partial charge in [0.2, 0.25) is 0 Å². The second-order valence-corrected chi connectivity index (χ2v) is 3.65. The molecule has 2 rings (SSSR count). The Morgan fingerprint density at radius 2 is 2.36 bits per heavy atom. The highest BCUT2D eigenvalue weighted by Gasteiger charge is 2.48. The topological polar surface area (TPSA) is 29.5 Å². The number of esters is 1. The predicted octanol–water partition coefficient (Wildman–Crippen LogP) is 0.255. The van der Waals surface area contributed by atoms with Crippen molar-refractivity contribution in [2.24, 2.45) is 5.41 Å². The first-order valence-corrected chi connectivity index (χ1v) is 4.09. The van der Waals surface area contributed by atoms with Crippen LogP contribution in [-0.4, -0.2) is 37.6 Å². The highest BCUT2D eigenvalue weighted by atomic mass is 16.5. The number of rotatable bonds is 0. The van der Waals surface area contributed by atoms with E-state index in [2.05, 4.69) is 11.9 Å². The lowest BCUT2D eigenvalue weighted by Crippen LogP contribution is -2.29. The molecule has 3 heteroatoms. The fraction of sp³-hybridized carbons (Fsp3) is 0.875. The second-order valence-electron chi connectivity index (χ2n) is 3.65. The second kappa shape index (κ2) is 2.21. The number of cyclic esters (lactones) is 1. The van der Waals surface area contributed by atoms with Crippen LogP contribution in [0.3, 0.4) is 0 Å². The van der Waals surface area contributed by atoms with Gasteiger partial charge in [-0.3, -0.25) is 4.79 Å². The Morgan fingerprint density at radius 3 is 2.82 bits per heavy atom. The molecule has 0 saturated carbocycles. The van der Waals surface area contributed by atoms with E-state index in [1.165, 1.54) is 0 Å². The Kier molecular flexibility index (Phi) is 1.42. The van der Waals surface area contributed by atoms with Crippen LogP contribution in [0.2, 0.25) is 0 Å². The van der Waals surface area contributed by atoms with Gasteiger partial charge in [-0.15, -0.1) is 0 Å². The monoisotopic (exact) mass is 155 g/mol. The average molecular weight is 155 g/mol. The van der Waals surface area contributed by atoms with Gasteiger partial charge in [-0.1, -0.05) is 0 Å². The SMILES string of the molecule is CN1CCC2(CCOC2=O)C1. The van der Waals surface area contributed by atoms with Crippen LogP contribution in [0.1, 0.15) is 12.8 Å². The molecule has 2 aliphatic rings. The molecule has 2 saturated heterocycles. The number of hydrogen-bond acceptors (Lipinski definition) is 3. The van der Waals surface area contributed by atoms with Crippen molar-refractivity contribution >= 4 is 5.97 Å². The van der Waals surface area contributed by atoms with E-state index in [0.717, 1.165) is 25.9 Å². The fourth-order valence-electron chi connectivity index (χ4n) is 2.04. The van der Waals surface area contributed by atoms with Gasteiger partial charge in [0.15, 0.2) is 0 Å². The van der Waals surface area contributed by atoms with E-state index in [9.17, 15) is 4.79 Å². The lowest BCUT2D eigenvalue weighted by Gasteiger charge is -2.16. The molecule has 0 bridgehead atoms. The molecule has 62 valence electrons. The highest BCUT2D eigenvalue weighted by Crippen LogP contribution is 2.38. The maximum Gasteiger partial charge on any atom is 0.313 e. The minimum absolute atomic E-state index is 0.0295. The van der Waals surface area contributed by atoms with E-state index in [-0.39, 0.29) is 11.4 Å². The molecule has 3 nitrogen and oxygen atoms in total. The van der Waals surface area contributed by atoms with Crippen molar-refractivity contribution in [1.29, 1.82) is 0 Å². The Morgan fingerprint density at radius 1 is 1.55 bits per heavy atom. The van der Waals surface area contributed by atoms with Crippen molar-refractivity contribution in [2.45, 2.75) is 12.8 Å². The van der Waals surface area contributed by atoms with Gasteiger partial charge in [0.05, 0.1) is 12.0 Å². The van der Waals surface area contributed by atoms with E-state index in [1.807, 2.05) is 0 Å². The van der Waals surface area contributed by atoms with Gasteiger partial charge in [-0.05, 0) is 26.4 Å². The number of likely N-dealkylation sites (tertiary alicyclic amines) is 1. The molecule has 11 heavy (non-hydrogen) atoms. The van der Waals surface area contributed by atoms with Gasteiger partial charge in [-0.2, -0.15) is 0 Å². The van der Waals surface area contributed by atoms with Crippen LogP contribution in [0.5, 0.6) is 0 Å². The zero-order chi connectivity index (χ0) is 7.90. The van der Waals surface area contributed by atoms with E-state index in [1.54, 1.807) is 0 Å². The van der Waals surface area contributed by atoms with Crippen LogP contribution in [0, 0.1) is 5.41 Å². The lowest BCUT2D eigenvalue weighted by molar-refractivity contribution is -0.145. The molecule has 1 atom stereocenters. The number of ether oxygens (including phenoxy) is 1. The van der Waals surface area contributed by atoms with E-state index >= 15 is 0 Å². The summed E-state index contributed by atoms with van der Waals surface area (Å²) in [7, 11) is 2.06. The molecule has 0 aromatic heterocycles. The largest absolute Gasteiger partial charge is 0.465 e. The zero-order valence-electron chi connectivity index (χ0n) is 6.80. The third-order valence-corrected chi connectivity index (χ3v) is 2.79. The Labute approximate surface area is 66.3 Å². The van der Waals surface area contributed by atoms with E-state index in [0.29, 0.717) is 6.61 Å². The molecule has 1 spiro atoms.